The van der Waals surface area contributed by atoms with Crippen LogP contribution in [0, 0.1) is 6.92 Å². The summed E-state index contributed by atoms with van der Waals surface area (Å²) < 4.78 is 5.79. The highest BCUT2D eigenvalue weighted by Crippen LogP contribution is 2.24. The van der Waals surface area contributed by atoms with Gasteiger partial charge >= 0.3 is 0 Å². The smallest absolute Gasteiger partial charge is 0.255 e. The van der Waals surface area contributed by atoms with Gasteiger partial charge in [-0.2, -0.15) is 0 Å². The molecule has 6 heteroatoms. The van der Waals surface area contributed by atoms with Gasteiger partial charge in [0.25, 0.3) is 11.8 Å². The number of ether oxygens (including phenoxy) is 1. The fourth-order valence-corrected chi connectivity index (χ4v) is 3.06. The van der Waals surface area contributed by atoms with Crippen LogP contribution in [0.2, 0.25) is 0 Å². The average molecular weight is 423 g/mol. The Kier molecular flexibility index (Phi) is 6.22. The van der Waals surface area contributed by atoms with Crippen LogP contribution in [0.25, 0.3) is 0 Å². The summed E-state index contributed by atoms with van der Waals surface area (Å²) in [6.07, 6.45) is 3.29. The molecule has 2 amide bonds. The van der Waals surface area contributed by atoms with E-state index in [2.05, 4.69) is 15.6 Å². The van der Waals surface area contributed by atoms with E-state index in [9.17, 15) is 9.59 Å². The molecule has 1 aromatic heterocycles. The van der Waals surface area contributed by atoms with Crippen LogP contribution in [0.15, 0.2) is 97.3 Å². The molecule has 6 nitrogen and oxygen atoms in total. The SMILES string of the molecule is Cc1ccc(C(=O)Nc2cccc(Oc3ccncc3)c2)cc1NC(=O)c1ccccc1. The largest absolute Gasteiger partial charge is 0.457 e. The molecule has 0 saturated carbocycles. The number of amides is 2. The molecule has 0 saturated heterocycles. The maximum Gasteiger partial charge on any atom is 0.255 e. The molecule has 1 heterocycles. The van der Waals surface area contributed by atoms with Gasteiger partial charge in [-0.05, 0) is 61.0 Å². The first-order valence-corrected chi connectivity index (χ1v) is 10.0. The minimum absolute atomic E-state index is 0.229. The van der Waals surface area contributed by atoms with Gasteiger partial charge in [-0.25, -0.2) is 0 Å². The number of pyridine rings is 1. The number of benzene rings is 3. The van der Waals surface area contributed by atoms with Gasteiger partial charge < -0.3 is 15.4 Å². The first kappa shape index (κ1) is 20.8. The molecule has 0 spiro atoms. The third-order valence-electron chi connectivity index (χ3n) is 4.76. The molecule has 0 aliphatic heterocycles. The second kappa shape index (κ2) is 9.57. The van der Waals surface area contributed by atoms with Gasteiger partial charge in [0.1, 0.15) is 11.5 Å². The van der Waals surface area contributed by atoms with E-state index >= 15 is 0 Å². The van der Waals surface area contributed by atoms with E-state index in [1.54, 1.807) is 91.3 Å². The van der Waals surface area contributed by atoms with E-state index in [0.717, 1.165) is 5.56 Å². The summed E-state index contributed by atoms with van der Waals surface area (Å²) in [5.74, 6) is 0.725. The van der Waals surface area contributed by atoms with E-state index in [1.807, 2.05) is 13.0 Å². The van der Waals surface area contributed by atoms with Crippen molar-refractivity contribution in [1.29, 1.82) is 0 Å². The summed E-state index contributed by atoms with van der Waals surface area (Å²) in [6, 6.07) is 24.8. The average Bonchev–Trinajstić information content (AvgIpc) is 2.82. The Morgan fingerprint density at radius 2 is 1.47 bits per heavy atom. The van der Waals surface area contributed by atoms with Gasteiger partial charge in [-0.15, -0.1) is 0 Å². The molecular weight excluding hydrogens is 402 g/mol. The third-order valence-corrected chi connectivity index (χ3v) is 4.76. The molecule has 2 N–H and O–H groups in total. The van der Waals surface area contributed by atoms with Gasteiger partial charge in [-0.3, -0.25) is 14.6 Å². The number of aromatic nitrogens is 1. The molecule has 0 bridgehead atoms. The number of nitrogens with zero attached hydrogens (tertiary/aromatic N) is 1. The lowest BCUT2D eigenvalue weighted by molar-refractivity contribution is 0.101. The van der Waals surface area contributed by atoms with E-state index in [4.69, 9.17) is 4.74 Å². The third kappa shape index (κ3) is 5.17. The second-order valence-electron chi connectivity index (χ2n) is 7.12. The van der Waals surface area contributed by atoms with Crippen LogP contribution >= 0.6 is 0 Å². The number of carbonyl (C=O) groups excluding carboxylic acids is 2. The van der Waals surface area contributed by atoms with Crippen molar-refractivity contribution < 1.29 is 14.3 Å². The molecule has 0 aliphatic carbocycles. The predicted octanol–water partition coefficient (Wildman–Crippen LogP) is 5.69. The Bertz CT molecular complexity index is 1240. The van der Waals surface area contributed by atoms with Crippen molar-refractivity contribution in [3.63, 3.8) is 0 Å². The lowest BCUT2D eigenvalue weighted by Gasteiger charge is -2.12. The Morgan fingerprint density at radius 3 is 2.25 bits per heavy atom. The topological polar surface area (TPSA) is 80.3 Å². The van der Waals surface area contributed by atoms with Crippen molar-refractivity contribution in [3.05, 3.63) is 114 Å². The van der Waals surface area contributed by atoms with Crippen molar-refractivity contribution in [2.45, 2.75) is 6.92 Å². The van der Waals surface area contributed by atoms with Crippen LogP contribution in [0.1, 0.15) is 26.3 Å². The standard InChI is InChI=1S/C26H21N3O3/c1-18-10-11-20(16-24(18)29-25(30)19-6-3-2-4-7-19)26(31)28-21-8-5-9-23(17-21)32-22-12-14-27-15-13-22/h2-17H,1H3,(H,28,31)(H,29,30). The van der Waals surface area contributed by atoms with Crippen LogP contribution in [-0.2, 0) is 0 Å². The number of nitrogens with one attached hydrogen (secondary N) is 2. The van der Waals surface area contributed by atoms with E-state index in [0.29, 0.717) is 34.0 Å². The van der Waals surface area contributed by atoms with Gasteiger partial charge in [-0.1, -0.05) is 30.3 Å². The highest BCUT2D eigenvalue weighted by molar-refractivity contribution is 6.07. The Labute approximate surface area is 185 Å². The lowest BCUT2D eigenvalue weighted by atomic mass is 10.1. The van der Waals surface area contributed by atoms with E-state index < -0.39 is 0 Å². The highest BCUT2D eigenvalue weighted by atomic mass is 16.5. The fourth-order valence-electron chi connectivity index (χ4n) is 3.06. The first-order chi connectivity index (χ1) is 15.6. The quantitative estimate of drug-likeness (QED) is 0.418. The molecule has 3 aromatic carbocycles. The number of rotatable bonds is 6. The van der Waals surface area contributed by atoms with Crippen molar-refractivity contribution in [2.75, 3.05) is 10.6 Å². The molecule has 0 radical (unpaired) electrons. The molecule has 158 valence electrons. The van der Waals surface area contributed by atoms with Gasteiger partial charge in [0.15, 0.2) is 0 Å². The zero-order chi connectivity index (χ0) is 22.3. The van der Waals surface area contributed by atoms with Gasteiger partial charge in [0.2, 0.25) is 0 Å². The first-order valence-electron chi connectivity index (χ1n) is 10.0. The molecular formula is C26H21N3O3. The monoisotopic (exact) mass is 423 g/mol. The summed E-state index contributed by atoms with van der Waals surface area (Å²) in [5.41, 5.74) is 3.02. The van der Waals surface area contributed by atoms with Crippen molar-refractivity contribution in [1.82, 2.24) is 4.98 Å². The molecule has 4 aromatic rings. The second-order valence-corrected chi connectivity index (χ2v) is 7.12. The van der Waals surface area contributed by atoms with Crippen molar-refractivity contribution in [2.24, 2.45) is 0 Å². The number of hydrogen-bond acceptors (Lipinski definition) is 4. The Hall–Kier alpha value is -4.45. The van der Waals surface area contributed by atoms with Crippen LogP contribution < -0.4 is 15.4 Å². The molecule has 32 heavy (non-hydrogen) atoms. The number of carbonyl (C=O) groups is 2. The molecule has 0 aliphatic rings. The summed E-state index contributed by atoms with van der Waals surface area (Å²) in [6.45, 7) is 1.88. The molecule has 0 fully saturated rings. The zero-order valence-electron chi connectivity index (χ0n) is 17.4. The van der Waals surface area contributed by atoms with Crippen LogP contribution in [0.5, 0.6) is 11.5 Å². The Morgan fingerprint density at radius 1 is 0.719 bits per heavy atom. The fraction of sp³-hybridized carbons (Fsp3) is 0.0385. The van der Waals surface area contributed by atoms with Crippen LogP contribution in [0.4, 0.5) is 11.4 Å². The van der Waals surface area contributed by atoms with E-state index in [-0.39, 0.29) is 11.8 Å². The maximum absolute atomic E-state index is 12.8. The number of hydrogen-bond donors (Lipinski definition) is 2. The van der Waals surface area contributed by atoms with E-state index in [1.165, 1.54) is 0 Å². The maximum atomic E-state index is 12.8. The van der Waals surface area contributed by atoms with Crippen molar-refractivity contribution >= 4 is 23.2 Å². The Balaban J connectivity index is 1.47. The molecule has 0 atom stereocenters. The highest BCUT2D eigenvalue weighted by Gasteiger charge is 2.12. The number of aryl methyl sites for hydroxylation is 1. The predicted molar refractivity (Wildman–Crippen MR) is 124 cm³/mol. The molecule has 4 rings (SSSR count). The zero-order valence-corrected chi connectivity index (χ0v) is 17.4. The summed E-state index contributed by atoms with van der Waals surface area (Å²) in [4.78, 5) is 29.3. The van der Waals surface area contributed by atoms with Crippen LogP contribution in [-0.4, -0.2) is 16.8 Å². The summed E-state index contributed by atoms with van der Waals surface area (Å²) >= 11 is 0. The summed E-state index contributed by atoms with van der Waals surface area (Å²) in [5, 5.41) is 5.75. The van der Waals surface area contributed by atoms with Gasteiger partial charge in [0.05, 0.1) is 0 Å². The minimum atomic E-state index is -0.290. The summed E-state index contributed by atoms with van der Waals surface area (Å²) in [7, 11) is 0. The minimum Gasteiger partial charge on any atom is -0.457 e. The lowest BCUT2D eigenvalue weighted by Crippen LogP contribution is -2.15. The number of anilines is 2. The van der Waals surface area contributed by atoms with Crippen LogP contribution in [0.3, 0.4) is 0 Å². The van der Waals surface area contributed by atoms with Gasteiger partial charge in [0, 0.05) is 41.0 Å². The molecule has 0 unspecified atom stereocenters. The normalized spacial score (nSPS) is 10.3. The van der Waals surface area contributed by atoms with Crippen molar-refractivity contribution in [3.8, 4) is 11.5 Å².